The number of nitrogens with zero attached hydrogens (tertiary/aromatic N) is 2. The lowest BCUT2D eigenvalue weighted by Crippen LogP contribution is -2.40. The minimum Gasteiger partial charge on any atom is -0.339 e. The average molecular weight is 391 g/mol. The van der Waals surface area contributed by atoms with Crippen LogP contribution in [0.15, 0.2) is 60.7 Å². The van der Waals surface area contributed by atoms with E-state index in [9.17, 15) is 9.59 Å². The van der Waals surface area contributed by atoms with Crippen LogP contribution in [0.3, 0.4) is 0 Å². The number of nitrogens with one attached hydrogen (secondary N) is 1. The number of benzene rings is 2. The Morgan fingerprint density at radius 1 is 1.04 bits per heavy atom. The Morgan fingerprint density at radius 3 is 2.50 bits per heavy atom. The molecule has 1 aromatic heterocycles. The van der Waals surface area contributed by atoms with Gasteiger partial charge in [-0.1, -0.05) is 30.3 Å². The number of hydrogen-bond acceptors (Lipinski definition) is 4. The van der Waals surface area contributed by atoms with E-state index in [0.29, 0.717) is 25.9 Å². The van der Waals surface area contributed by atoms with E-state index in [1.807, 2.05) is 54.6 Å². The van der Waals surface area contributed by atoms with Crippen LogP contribution in [0.5, 0.6) is 0 Å². The van der Waals surface area contributed by atoms with Gasteiger partial charge in [0.15, 0.2) is 0 Å². The predicted molar refractivity (Wildman–Crippen MR) is 113 cm³/mol. The molecule has 3 aromatic rings. The lowest BCUT2D eigenvalue weighted by Gasteiger charge is -2.30. The van der Waals surface area contributed by atoms with Gasteiger partial charge in [0.05, 0.1) is 10.2 Å². The number of piperidine rings is 1. The summed E-state index contributed by atoms with van der Waals surface area (Å²) >= 11 is 1.57. The Hall–Kier alpha value is -2.99. The van der Waals surface area contributed by atoms with Crippen molar-refractivity contribution in [3.05, 3.63) is 65.7 Å². The number of likely N-dealkylation sites (tertiary alicyclic amines) is 1. The molecule has 0 unspecified atom stereocenters. The van der Waals surface area contributed by atoms with E-state index in [4.69, 9.17) is 0 Å². The zero-order valence-electron chi connectivity index (χ0n) is 15.4. The fourth-order valence-electron chi connectivity index (χ4n) is 3.34. The molecule has 1 fully saturated rings. The van der Waals surface area contributed by atoms with Crippen molar-refractivity contribution in [3.8, 4) is 0 Å². The highest BCUT2D eigenvalue weighted by atomic mass is 32.1. The molecule has 1 aliphatic heterocycles. The number of hydrogen-bond donors (Lipinski definition) is 1. The first-order valence-electron chi connectivity index (χ1n) is 9.37. The second kappa shape index (κ2) is 8.35. The van der Waals surface area contributed by atoms with Gasteiger partial charge in [-0.2, -0.15) is 0 Å². The second-order valence-corrected chi connectivity index (χ2v) is 7.87. The number of thiazole rings is 1. The molecular weight excluding hydrogens is 370 g/mol. The van der Waals surface area contributed by atoms with Crippen LogP contribution in [0.2, 0.25) is 0 Å². The normalized spacial score (nSPS) is 15.2. The summed E-state index contributed by atoms with van der Waals surface area (Å²) in [7, 11) is 0. The van der Waals surface area contributed by atoms with Crippen molar-refractivity contribution in [1.29, 1.82) is 0 Å². The molecule has 6 heteroatoms. The summed E-state index contributed by atoms with van der Waals surface area (Å²) in [6.45, 7) is 1.19. The topological polar surface area (TPSA) is 62.3 Å². The van der Waals surface area contributed by atoms with Crippen LogP contribution >= 0.6 is 11.3 Å². The highest BCUT2D eigenvalue weighted by Gasteiger charge is 2.26. The summed E-state index contributed by atoms with van der Waals surface area (Å²) in [4.78, 5) is 31.2. The van der Waals surface area contributed by atoms with Gasteiger partial charge < -0.3 is 10.2 Å². The molecule has 1 N–H and O–H groups in total. The Morgan fingerprint density at radius 2 is 1.75 bits per heavy atom. The molecular formula is C22H21N3O2S. The molecule has 1 aliphatic rings. The maximum absolute atomic E-state index is 12.5. The van der Waals surface area contributed by atoms with Gasteiger partial charge in [-0.05, 0) is 43.2 Å². The molecule has 5 nitrogen and oxygen atoms in total. The molecule has 2 heterocycles. The van der Waals surface area contributed by atoms with Crippen LogP contribution in [0.1, 0.15) is 17.8 Å². The van der Waals surface area contributed by atoms with E-state index in [2.05, 4.69) is 10.3 Å². The fraction of sp³-hybridized carbons (Fsp3) is 0.227. The number of para-hydroxylation sites is 2. The minimum absolute atomic E-state index is 0.0267. The van der Waals surface area contributed by atoms with E-state index in [1.165, 1.54) is 0 Å². The molecule has 2 aromatic carbocycles. The van der Waals surface area contributed by atoms with Gasteiger partial charge >= 0.3 is 0 Å². The van der Waals surface area contributed by atoms with Crippen LogP contribution in [0, 0.1) is 5.92 Å². The maximum atomic E-state index is 12.5. The van der Waals surface area contributed by atoms with E-state index in [-0.39, 0.29) is 17.7 Å². The molecule has 28 heavy (non-hydrogen) atoms. The molecule has 0 aliphatic carbocycles. The Bertz CT molecular complexity index is 972. The van der Waals surface area contributed by atoms with Gasteiger partial charge in [0.2, 0.25) is 11.8 Å². The van der Waals surface area contributed by atoms with E-state index < -0.39 is 0 Å². The SMILES string of the molecule is O=C(Nc1ccccc1)C1CCN(C(=O)/C=C/c2nc3ccccc3s2)CC1. The lowest BCUT2D eigenvalue weighted by atomic mass is 9.95. The van der Waals surface area contributed by atoms with E-state index in [0.717, 1.165) is 20.9 Å². The number of amides is 2. The van der Waals surface area contributed by atoms with Crippen molar-refractivity contribution in [1.82, 2.24) is 9.88 Å². The van der Waals surface area contributed by atoms with Crippen molar-refractivity contribution in [2.24, 2.45) is 5.92 Å². The molecule has 1 saturated heterocycles. The smallest absolute Gasteiger partial charge is 0.246 e. The maximum Gasteiger partial charge on any atom is 0.246 e. The first kappa shape index (κ1) is 18.4. The first-order chi connectivity index (χ1) is 13.7. The molecule has 0 saturated carbocycles. The van der Waals surface area contributed by atoms with Gasteiger partial charge in [0.1, 0.15) is 5.01 Å². The molecule has 4 rings (SSSR count). The lowest BCUT2D eigenvalue weighted by molar-refractivity contribution is -0.130. The van der Waals surface area contributed by atoms with Gasteiger partial charge in [0, 0.05) is 30.8 Å². The number of aromatic nitrogens is 1. The molecule has 0 bridgehead atoms. The van der Waals surface area contributed by atoms with Crippen LogP contribution in [0.4, 0.5) is 5.69 Å². The number of carbonyl (C=O) groups is 2. The largest absolute Gasteiger partial charge is 0.339 e. The summed E-state index contributed by atoms with van der Waals surface area (Å²) in [5, 5.41) is 3.78. The first-order valence-corrected chi connectivity index (χ1v) is 10.2. The van der Waals surface area contributed by atoms with Crippen molar-refractivity contribution >= 4 is 45.1 Å². The van der Waals surface area contributed by atoms with Crippen LogP contribution in [-0.2, 0) is 9.59 Å². The Balaban J connectivity index is 1.30. The summed E-state index contributed by atoms with van der Waals surface area (Å²) in [5.74, 6) is -0.0537. The third kappa shape index (κ3) is 4.28. The number of anilines is 1. The summed E-state index contributed by atoms with van der Waals surface area (Å²) in [6, 6.07) is 17.4. The standard InChI is InChI=1S/C22H21N3O2S/c26-21(11-10-20-24-18-8-4-5-9-19(18)28-20)25-14-12-16(13-15-25)22(27)23-17-6-2-1-3-7-17/h1-11,16H,12-15H2,(H,23,27)/b11-10+. The third-order valence-electron chi connectivity index (χ3n) is 4.90. The number of carbonyl (C=O) groups excluding carboxylic acids is 2. The van der Waals surface area contributed by atoms with E-state index in [1.54, 1.807) is 28.4 Å². The molecule has 142 valence electrons. The molecule has 0 atom stereocenters. The van der Waals surface area contributed by atoms with Gasteiger partial charge in [0.25, 0.3) is 0 Å². The van der Waals surface area contributed by atoms with Crippen molar-refractivity contribution < 1.29 is 9.59 Å². The number of rotatable bonds is 4. The third-order valence-corrected chi connectivity index (χ3v) is 5.90. The quantitative estimate of drug-likeness (QED) is 0.679. The highest BCUT2D eigenvalue weighted by Crippen LogP contribution is 2.23. The van der Waals surface area contributed by atoms with Crippen LogP contribution in [-0.4, -0.2) is 34.8 Å². The summed E-state index contributed by atoms with van der Waals surface area (Å²) in [6.07, 6.45) is 4.72. The van der Waals surface area contributed by atoms with Crippen LogP contribution in [0.25, 0.3) is 16.3 Å². The predicted octanol–water partition coefficient (Wildman–Crippen LogP) is 4.19. The molecule has 2 amide bonds. The fourth-order valence-corrected chi connectivity index (χ4v) is 4.21. The Labute approximate surface area is 167 Å². The van der Waals surface area contributed by atoms with Crippen LogP contribution < -0.4 is 5.32 Å². The zero-order valence-corrected chi connectivity index (χ0v) is 16.2. The van der Waals surface area contributed by atoms with E-state index >= 15 is 0 Å². The Kier molecular flexibility index (Phi) is 5.48. The molecule has 0 spiro atoms. The number of fused-ring (bicyclic) bond motifs is 1. The monoisotopic (exact) mass is 391 g/mol. The van der Waals surface area contributed by atoms with Crippen molar-refractivity contribution in [2.45, 2.75) is 12.8 Å². The van der Waals surface area contributed by atoms with Gasteiger partial charge in [-0.3, -0.25) is 9.59 Å². The zero-order chi connectivity index (χ0) is 19.3. The average Bonchev–Trinajstić information content (AvgIpc) is 3.16. The van der Waals surface area contributed by atoms with Gasteiger partial charge in [-0.15, -0.1) is 11.3 Å². The summed E-state index contributed by atoms with van der Waals surface area (Å²) in [5.41, 5.74) is 1.76. The molecule has 0 radical (unpaired) electrons. The van der Waals surface area contributed by atoms with Crippen molar-refractivity contribution in [2.75, 3.05) is 18.4 Å². The van der Waals surface area contributed by atoms with Crippen molar-refractivity contribution in [3.63, 3.8) is 0 Å². The summed E-state index contributed by atoms with van der Waals surface area (Å²) < 4.78 is 1.11. The van der Waals surface area contributed by atoms with Gasteiger partial charge in [-0.25, -0.2) is 4.98 Å². The minimum atomic E-state index is -0.0579. The highest BCUT2D eigenvalue weighted by molar-refractivity contribution is 7.19. The second-order valence-electron chi connectivity index (χ2n) is 6.81.